The Bertz CT molecular complexity index is 983. The Kier molecular flexibility index (Phi) is 8.34. The molecule has 2 aliphatic heterocycles. The fraction of sp³-hybridized carbons (Fsp3) is 0.500. The molecule has 0 aliphatic carbocycles. The highest BCUT2D eigenvalue weighted by atomic mass is 32.2. The largest absolute Gasteiger partial charge is 0.489 e. The van der Waals surface area contributed by atoms with Gasteiger partial charge in [-0.05, 0) is 36.2 Å². The Labute approximate surface area is 196 Å². The van der Waals surface area contributed by atoms with Crippen LogP contribution in [0.1, 0.15) is 23.6 Å². The molecule has 2 heterocycles. The molecule has 0 amide bonds. The number of rotatable bonds is 10. The molecule has 4 rings (SSSR count). The zero-order chi connectivity index (χ0) is 23.1. The summed E-state index contributed by atoms with van der Waals surface area (Å²) in [7, 11) is -1.79. The smallest absolute Gasteiger partial charge is 0.218 e. The van der Waals surface area contributed by atoms with Gasteiger partial charge < -0.3 is 9.47 Å². The zero-order valence-electron chi connectivity index (χ0n) is 19.1. The quantitative estimate of drug-likeness (QED) is 0.528. The van der Waals surface area contributed by atoms with E-state index in [9.17, 15) is 8.42 Å². The maximum atomic E-state index is 13.1. The van der Waals surface area contributed by atoms with Gasteiger partial charge >= 0.3 is 0 Å². The molecule has 2 fully saturated rings. The molecule has 2 aliphatic rings. The highest BCUT2D eigenvalue weighted by Gasteiger charge is 2.43. The van der Waals surface area contributed by atoms with Gasteiger partial charge in [0, 0.05) is 26.7 Å². The third-order valence-electron chi connectivity index (χ3n) is 6.09. The van der Waals surface area contributed by atoms with Crippen LogP contribution in [0.25, 0.3) is 0 Å². The molecule has 0 aromatic heterocycles. The van der Waals surface area contributed by atoms with E-state index in [2.05, 4.69) is 9.62 Å². The summed E-state index contributed by atoms with van der Waals surface area (Å²) in [5, 5.41) is 0.934. The highest BCUT2D eigenvalue weighted by Crippen LogP contribution is 2.34. The van der Waals surface area contributed by atoms with E-state index in [1.54, 1.807) is 12.1 Å². The Morgan fingerprint density at radius 2 is 1.88 bits per heavy atom. The van der Waals surface area contributed by atoms with Gasteiger partial charge in [0.15, 0.2) is 0 Å². The van der Waals surface area contributed by atoms with Gasteiger partial charge in [0.2, 0.25) is 10.0 Å². The van der Waals surface area contributed by atoms with Crippen LogP contribution in [0.2, 0.25) is 0 Å². The Morgan fingerprint density at radius 1 is 1.09 bits per heavy atom. The van der Waals surface area contributed by atoms with Crippen LogP contribution in [0.5, 0.6) is 5.75 Å². The van der Waals surface area contributed by atoms with Crippen molar-refractivity contribution in [2.24, 2.45) is 0 Å². The van der Waals surface area contributed by atoms with Gasteiger partial charge in [0.1, 0.15) is 17.6 Å². The normalized spacial score (nSPS) is 22.5. The summed E-state index contributed by atoms with van der Waals surface area (Å²) < 4.78 is 40.4. The predicted octanol–water partition coefficient (Wildman–Crippen LogP) is 2.19. The zero-order valence-corrected chi connectivity index (χ0v) is 19.9. The Balaban J connectivity index is 1.36. The molecule has 1 N–H and O–H groups in total. The molecular formula is C24H33N3O5S. The lowest BCUT2D eigenvalue weighted by molar-refractivity contribution is -0.110. The summed E-state index contributed by atoms with van der Waals surface area (Å²) in [6.45, 7) is 5.13. The minimum absolute atomic E-state index is 0.120. The average Bonchev–Trinajstić information content (AvgIpc) is 3.24. The Hall–Kier alpha value is -2.01. The Morgan fingerprint density at radius 3 is 2.67 bits per heavy atom. The van der Waals surface area contributed by atoms with Gasteiger partial charge in [-0.2, -0.15) is 5.06 Å². The molecule has 2 saturated heterocycles. The minimum atomic E-state index is -3.56. The lowest BCUT2D eigenvalue weighted by Crippen LogP contribution is -2.41. The second kappa shape index (κ2) is 11.4. The molecule has 33 heavy (non-hydrogen) atoms. The van der Waals surface area contributed by atoms with Crippen LogP contribution in [0.4, 0.5) is 0 Å². The molecule has 9 heteroatoms. The first-order valence-electron chi connectivity index (χ1n) is 11.4. The molecule has 180 valence electrons. The number of ether oxygens (including phenoxy) is 2. The van der Waals surface area contributed by atoms with E-state index in [-0.39, 0.29) is 6.61 Å². The fourth-order valence-electron chi connectivity index (χ4n) is 4.26. The molecule has 2 unspecified atom stereocenters. The molecular weight excluding hydrogens is 442 g/mol. The first kappa shape index (κ1) is 24.1. The number of benzene rings is 2. The third-order valence-corrected chi connectivity index (χ3v) is 7.89. The van der Waals surface area contributed by atoms with E-state index >= 15 is 0 Å². The van der Waals surface area contributed by atoms with E-state index in [1.807, 2.05) is 54.6 Å². The average molecular weight is 476 g/mol. The van der Waals surface area contributed by atoms with Crippen LogP contribution in [0.15, 0.2) is 54.6 Å². The van der Waals surface area contributed by atoms with Gasteiger partial charge in [0.05, 0.1) is 25.9 Å². The second-order valence-electron chi connectivity index (χ2n) is 8.42. The van der Waals surface area contributed by atoms with Gasteiger partial charge in [-0.15, -0.1) is 0 Å². The van der Waals surface area contributed by atoms with Crippen molar-refractivity contribution in [3.63, 3.8) is 0 Å². The van der Waals surface area contributed by atoms with Crippen LogP contribution >= 0.6 is 0 Å². The number of hydrogen-bond donors (Lipinski definition) is 1. The van der Waals surface area contributed by atoms with Crippen molar-refractivity contribution in [2.45, 2.75) is 24.3 Å². The first-order chi connectivity index (χ1) is 16.0. The van der Waals surface area contributed by atoms with E-state index in [0.29, 0.717) is 18.9 Å². The van der Waals surface area contributed by atoms with Crippen molar-refractivity contribution in [3.05, 3.63) is 65.7 Å². The summed E-state index contributed by atoms with van der Waals surface area (Å²) in [6.07, 6.45) is 0.760. The topological polar surface area (TPSA) is 80.3 Å². The van der Waals surface area contributed by atoms with Crippen molar-refractivity contribution >= 4 is 10.0 Å². The number of nitrogens with one attached hydrogen (secondary N) is 1. The van der Waals surface area contributed by atoms with Crippen molar-refractivity contribution in [2.75, 3.05) is 53.0 Å². The van der Waals surface area contributed by atoms with E-state index in [1.165, 1.54) is 0 Å². The van der Waals surface area contributed by atoms with Crippen molar-refractivity contribution < 1.29 is 22.7 Å². The van der Waals surface area contributed by atoms with E-state index < -0.39 is 21.3 Å². The summed E-state index contributed by atoms with van der Waals surface area (Å²) >= 11 is 0. The van der Waals surface area contributed by atoms with Crippen molar-refractivity contribution in [1.82, 2.24) is 14.7 Å². The summed E-state index contributed by atoms with van der Waals surface area (Å²) in [6, 6.07) is 17.1. The SMILES string of the molecule is CN1OCC(S(=O)(=O)NCCCN2CCOCC2)C1c1cccc(OCc2ccccc2)c1. The molecule has 2 aromatic carbocycles. The molecule has 2 aromatic rings. The lowest BCUT2D eigenvalue weighted by atomic mass is 10.0. The van der Waals surface area contributed by atoms with Gasteiger partial charge in [-0.3, -0.25) is 9.74 Å². The number of hydroxylamine groups is 2. The predicted molar refractivity (Wildman–Crippen MR) is 126 cm³/mol. The van der Waals surface area contributed by atoms with Crippen LogP contribution in [0.3, 0.4) is 0 Å². The molecule has 0 spiro atoms. The monoisotopic (exact) mass is 475 g/mol. The summed E-state index contributed by atoms with van der Waals surface area (Å²) in [4.78, 5) is 7.94. The van der Waals surface area contributed by atoms with E-state index in [0.717, 1.165) is 50.4 Å². The number of nitrogens with zero attached hydrogens (tertiary/aromatic N) is 2. The number of morpholine rings is 1. The molecule has 0 bridgehead atoms. The summed E-state index contributed by atoms with van der Waals surface area (Å²) in [5.41, 5.74) is 1.93. The van der Waals surface area contributed by atoms with Crippen LogP contribution in [0, 0.1) is 0 Å². The molecule has 8 nitrogen and oxygen atoms in total. The number of sulfonamides is 1. The summed E-state index contributed by atoms with van der Waals surface area (Å²) in [5.74, 6) is 0.700. The van der Waals surface area contributed by atoms with Crippen molar-refractivity contribution in [3.8, 4) is 5.75 Å². The van der Waals surface area contributed by atoms with E-state index in [4.69, 9.17) is 14.3 Å². The molecule has 0 saturated carbocycles. The highest BCUT2D eigenvalue weighted by molar-refractivity contribution is 7.90. The lowest BCUT2D eigenvalue weighted by Gasteiger charge is -2.26. The van der Waals surface area contributed by atoms with Gasteiger partial charge in [-0.1, -0.05) is 42.5 Å². The van der Waals surface area contributed by atoms with Gasteiger partial charge in [-0.25, -0.2) is 13.1 Å². The first-order valence-corrected chi connectivity index (χ1v) is 13.0. The van der Waals surface area contributed by atoms with Crippen molar-refractivity contribution in [1.29, 1.82) is 0 Å². The number of hydrogen-bond acceptors (Lipinski definition) is 7. The van der Waals surface area contributed by atoms with Crippen LogP contribution in [-0.2, 0) is 26.2 Å². The second-order valence-corrected chi connectivity index (χ2v) is 10.4. The molecule has 0 radical (unpaired) electrons. The molecule has 2 atom stereocenters. The fourth-order valence-corrected chi connectivity index (χ4v) is 5.81. The minimum Gasteiger partial charge on any atom is -0.489 e. The van der Waals surface area contributed by atoms with Gasteiger partial charge in [0.25, 0.3) is 0 Å². The van der Waals surface area contributed by atoms with Crippen LogP contribution < -0.4 is 9.46 Å². The third kappa shape index (κ3) is 6.53. The maximum absolute atomic E-state index is 13.1. The van der Waals surface area contributed by atoms with Crippen LogP contribution in [-0.4, -0.2) is 76.7 Å². The maximum Gasteiger partial charge on any atom is 0.218 e. The standard InChI is InChI=1S/C24H33N3O5S/c1-26-24(21-9-5-10-22(17-21)31-18-20-7-3-2-4-8-20)23(19-32-26)33(28,29)25-11-6-12-27-13-15-30-16-14-27/h2-5,7-10,17,23-25H,6,11-16,18-19H2,1H3.